The number of carbonyl (C=O) groups is 2. The van der Waals surface area contributed by atoms with Crippen molar-refractivity contribution in [1.29, 1.82) is 0 Å². The van der Waals surface area contributed by atoms with Gasteiger partial charge in [0.05, 0.1) is 0 Å². The van der Waals surface area contributed by atoms with Gasteiger partial charge in [0.2, 0.25) is 0 Å². The van der Waals surface area contributed by atoms with Crippen molar-refractivity contribution in [2.75, 3.05) is 26.7 Å². The summed E-state index contributed by atoms with van der Waals surface area (Å²) >= 11 is 0. The van der Waals surface area contributed by atoms with Gasteiger partial charge in [-0.15, -0.1) is 0 Å². The molecule has 1 aliphatic rings. The molecule has 0 radical (unpaired) electrons. The first-order valence-electron chi connectivity index (χ1n) is 6.92. The fourth-order valence-corrected chi connectivity index (χ4v) is 1.93. The molecular weight excluding hydrogens is 246 g/mol. The summed E-state index contributed by atoms with van der Waals surface area (Å²) in [7, 11) is 2.05. The highest BCUT2D eigenvalue weighted by Gasteiger charge is 2.26. The van der Waals surface area contributed by atoms with E-state index in [4.69, 9.17) is 5.11 Å². The smallest absolute Gasteiger partial charge is 0.323 e. The van der Waals surface area contributed by atoms with E-state index in [0.717, 1.165) is 13.0 Å². The highest BCUT2D eigenvalue weighted by atomic mass is 16.4. The zero-order valence-electron chi connectivity index (χ0n) is 12.1. The lowest BCUT2D eigenvalue weighted by Gasteiger charge is -2.27. The Bertz CT molecular complexity index is 318. The fourth-order valence-electron chi connectivity index (χ4n) is 1.93. The second kappa shape index (κ2) is 7.33. The maximum Gasteiger partial charge on any atom is 0.323 e. The zero-order chi connectivity index (χ0) is 14.4. The SMILES string of the molecule is CCC(C)N(CC(=O)O)C(=O)NCCN(C)C1CC1. The summed E-state index contributed by atoms with van der Waals surface area (Å²) < 4.78 is 0. The van der Waals surface area contributed by atoms with Crippen LogP contribution in [0.5, 0.6) is 0 Å². The van der Waals surface area contributed by atoms with Gasteiger partial charge in [-0.2, -0.15) is 0 Å². The molecule has 6 heteroatoms. The molecule has 1 saturated carbocycles. The van der Waals surface area contributed by atoms with Crippen molar-refractivity contribution in [2.45, 2.75) is 45.2 Å². The van der Waals surface area contributed by atoms with Gasteiger partial charge in [-0.3, -0.25) is 4.79 Å². The minimum Gasteiger partial charge on any atom is -0.480 e. The number of nitrogens with zero attached hydrogens (tertiary/aromatic N) is 2. The molecule has 2 N–H and O–H groups in total. The van der Waals surface area contributed by atoms with Crippen molar-refractivity contribution in [1.82, 2.24) is 15.1 Å². The van der Waals surface area contributed by atoms with Crippen LogP contribution >= 0.6 is 0 Å². The minimum atomic E-state index is -0.981. The number of carbonyl (C=O) groups excluding carboxylic acids is 1. The van der Waals surface area contributed by atoms with E-state index in [9.17, 15) is 9.59 Å². The Morgan fingerprint density at radius 1 is 1.42 bits per heavy atom. The second-order valence-corrected chi connectivity index (χ2v) is 5.22. The number of aliphatic carboxylic acids is 1. The molecule has 1 fully saturated rings. The molecule has 2 amide bonds. The number of urea groups is 1. The van der Waals surface area contributed by atoms with Crippen LogP contribution in [0.3, 0.4) is 0 Å². The van der Waals surface area contributed by atoms with Crippen LogP contribution in [0, 0.1) is 0 Å². The van der Waals surface area contributed by atoms with Crippen LogP contribution in [-0.4, -0.2) is 65.7 Å². The van der Waals surface area contributed by atoms with E-state index in [-0.39, 0.29) is 18.6 Å². The molecule has 0 aromatic heterocycles. The maximum atomic E-state index is 12.0. The summed E-state index contributed by atoms with van der Waals surface area (Å²) in [5, 5.41) is 11.6. The van der Waals surface area contributed by atoms with E-state index in [1.165, 1.54) is 17.7 Å². The molecule has 0 aliphatic heterocycles. The molecule has 6 nitrogen and oxygen atoms in total. The van der Waals surface area contributed by atoms with Crippen LogP contribution in [0.1, 0.15) is 33.1 Å². The topological polar surface area (TPSA) is 72.9 Å². The van der Waals surface area contributed by atoms with Gasteiger partial charge < -0.3 is 20.2 Å². The number of carboxylic acid groups (broad SMARTS) is 1. The van der Waals surface area contributed by atoms with Crippen LogP contribution in [0.2, 0.25) is 0 Å². The normalized spacial score (nSPS) is 16.2. The first-order chi connectivity index (χ1) is 8.95. The van der Waals surface area contributed by atoms with E-state index in [1.54, 1.807) is 0 Å². The third-order valence-electron chi connectivity index (χ3n) is 3.60. The van der Waals surface area contributed by atoms with E-state index in [2.05, 4.69) is 10.2 Å². The van der Waals surface area contributed by atoms with Crippen LogP contribution in [0.15, 0.2) is 0 Å². The standard InChI is InChI=1S/C13H25N3O3/c1-4-10(2)16(9-12(17)18)13(19)14-7-8-15(3)11-5-6-11/h10-11H,4-9H2,1-3H3,(H,14,19)(H,17,18). The quantitative estimate of drug-likeness (QED) is 0.690. The lowest BCUT2D eigenvalue weighted by Crippen LogP contribution is -2.48. The first-order valence-corrected chi connectivity index (χ1v) is 6.92. The van der Waals surface area contributed by atoms with Crippen LogP contribution in [0.25, 0.3) is 0 Å². The highest BCUT2D eigenvalue weighted by molar-refractivity contribution is 5.80. The van der Waals surface area contributed by atoms with E-state index in [1.807, 2.05) is 20.9 Å². The molecule has 110 valence electrons. The average Bonchev–Trinajstić information content (AvgIpc) is 3.18. The van der Waals surface area contributed by atoms with Crippen molar-refractivity contribution in [3.63, 3.8) is 0 Å². The molecule has 0 aromatic carbocycles. The number of hydrogen-bond donors (Lipinski definition) is 2. The third-order valence-corrected chi connectivity index (χ3v) is 3.60. The Kier molecular flexibility index (Phi) is 6.08. The lowest BCUT2D eigenvalue weighted by atomic mass is 10.2. The van der Waals surface area contributed by atoms with Gasteiger partial charge in [-0.25, -0.2) is 4.79 Å². The third kappa shape index (κ3) is 5.46. The van der Waals surface area contributed by atoms with Crippen molar-refractivity contribution >= 4 is 12.0 Å². The lowest BCUT2D eigenvalue weighted by molar-refractivity contribution is -0.138. The number of amides is 2. The Morgan fingerprint density at radius 3 is 2.53 bits per heavy atom. The second-order valence-electron chi connectivity index (χ2n) is 5.22. The number of rotatable bonds is 8. The van der Waals surface area contributed by atoms with Gasteiger partial charge in [0.1, 0.15) is 6.54 Å². The summed E-state index contributed by atoms with van der Waals surface area (Å²) in [6, 6.07) is 0.305. The largest absolute Gasteiger partial charge is 0.480 e. The molecule has 0 aromatic rings. The van der Waals surface area contributed by atoms with Crippen LogP contribution in [0.4, 0.5) is 4.79 Å². The predicted octanol–water partition coefficient (Wildman–Crippen LogP) is 0.975. The molecule has 0 heterocycles. The highest BCUT2D eigenvalue weighted by Crippen LogP contribution is 2.24. The molecule has 1 unspecified atom stereocenters. The first kappa shape index (κ1) is 15.8. The number of likely N-dealkylation sites (N-methyl/N-ethyl adjacent to an activating group) is 1. The maximum absolute atomic E-state index is 12.0. The van der Waals surface area contributed by atoms with Gasteiger partial charge in [0.25, 0.3) is 0 Å². The molecule has 0 bridgehead atoms. The summed E-state index contributed by atoms with van der Waals surface area (Å²) in [6.07, 6.45) is 3.22. The number of hydrogen-bond acceptors (Lipinski definition) is 3. The Balaban J connectivity index is 2.35. The van der Waals surface area contributed by atoms with E-state index in [0.29, 0.717) is 12.6 Å². The Hall–Kier alpha value is -1.30. The van der Waals surface area contributed by atoms with Gasteiger partial charge in [0.15, 0.2) is 0 Å². The minimum absolute atomic E-state index is 0.0720. The Morgan fingerprint density at radius 2 is 2.05 bits per heavy atom. The van der Waals surface area contributed by atoms with Gasteiger partial charge in [0, 0.05) is 25.2 Å². The molecule has 19 heavy (non-hydrogen) atoms. The van der Waals surface area contributed by atoms with Gasteiger partial charge in [-0.1, -0.05) is 6.92 Å². The predicted molar refractivity (Wildman–Crippen MR) is 73.1 cm³/mol. The molecule has 0 saturated heterocycles. The van der Waals surface area contributed by atoms with Crippen molar-refractivity contribution in [3.8, 4) is 0 Å². The van der Waals surface area contributed by atoms with Crippen LogP contribution < -0.4 is 5.32 Å². The Labute approximate surface area is 114 Å². The average molecular weight is 271 g/mol. The van der Waals surface area contributed by atoms with Gasteiger partial charge >= 0.3 is 12.0 Å². The van der Waals surface area contributed by atoms with Crippen LogP contribution in [-0.2, 0) is 4.79 Å². The van der Waals surface area contributed by atoms with Crippen molar-refractivity contribution in [2.24, 2.45) is 0 Å². The molecule has 1 rings (SSSR count). The zero-order valence-corrected chi connectivity index (χ0v) is 12.1. The monoisotopic (exact) mass is 271 g/mol. The van der Waals surface area contributed by atoms with E-state index < -0.39 is 5.97 Å². The summed E-state index contributed by atoms with van der Waals surface area (Å²) in [4.78, 5) is 26.4. The van der Waals surface area contributed by atoms with Gasteiger partial charge in [-0.05, 0) is 33.2 Å². The molecular formula is C13H25N3O3. The summed E-state index contributed by atoms with van der Waals surface area (Å²) in [5.41, 5.74) is 0. The molecule has 0 spiro atoms. The summed E-state index contributed by atoms with van der Waals surface area (Å²) in [6.45, 7) is 4.90. The van der Waals surface area contributed by atoms with E-state index >= 15 is 0 Å². The fraction of sp³-hybridized carbons (Fsp3) is 0.846. The van der Waals surface area contributed by atoms with Crippen molar-refractivity contribution in [3.05, 3.63) is 0 Å². The molecule has 1 aliphatic carbocycles. The number of nitrogens with one attached hydrogen (secondary N) is 1. The summed E-state index contributed by atoms with van der Waals surface area (Å²) in [5.74, 6) is -0.981. The van der Waals surface area contributed by atoms with Crippen molar-refractivity contribution < 1.29 is 14.7 Å². The number of carboxylic acids is 1. The molecule has 1 atom stereocenters.